The first-order valence-electron chi connectivity index (χ1n) is 20.3. The number of aromatic hydroxyl groups is 2. The molecule has 7 heteroatoms. The molecule has 2 N–H and O–H groups in total. The molecular weight excluding hydrogens is 675 g/mol. The number of aryl methyl sites for hydroxylation is 2. The maximum absolute atomic E-state index is 13.4. The van der Waals surface area contributed by atoms with Crippen molar-refractivity contribution in [3.8, 4) is 11.5 Å². The Kier molecular flexibility index (Phi) is 13.6. The lowest BCUT2D eigenvalue weighted by molar-refractivity contribution is -0.178. The van der Waals surface area contributed by atoms with E-state index in [4.69, 9.17) is 9.47 Å². The van der Waals surface area contributed by atoms with Gasteiger partial charge in [0.15, 0.2) is 0 Å². The summed E-state index contributed by atoms with van der Waals surface area (Å²) in [5.74, 6) is 0.257. The molecule has 2 unspecified atom stereocenters. The summed E-state index contributed by atoms with van der Waals surface area (Å²) in [6, 6.07) is 8.16. The van der Waals surface area contributed by atoms with Crippen LogP contribution in [0.15, 0.2) is 24.3 Å². The van der Waals surface area contributed by atoms with E-state index in [-0.39, 0.29) is 69.6 Å². The molecule has 1 aliphatic rings. The summed E-state index contributed by atoms with van der Waals surface area (Å²) < 4.78 is 12.4. The van der Waals surface area contributed by atoms with Crippen LogP contribution in [-0.4, -0.2) is 57.9 Å². The maximum Gasteiger partial charge on any atom is 0.306 e. The van der Waals surface area contributed by atoms with E-state index in [0.717, 1.165) is 39.9 Å². The summed E-state index contributed by atoms with van der Waals surface area (Å²) in [4.78, 5) is 29.1. The van der Waals surface area contributed by atoms with Crippen LogP contribution in [0.25, 0.3) is 0 Å². The Morgan fingerprint density at radius 3 is 1.43 bits per heavy atom. The molecule has 1 fully saturated rings. The number of nitrogens with zero attached hydrogens (tertiary/aromatic N) is 1. The molecule has 3 rings (SSSR count). The average molecular weight is 750 g/mol. The second kappa shape index (κ2) is 16.2. The molecule has 304 valence electrons. The highest BCUT2D eigenvalue weighted by Gasteiger charge is 2.52. The number of phenols is 2. The number of esters is 2. The lowest BCUT2D eigenvalue weighted by Gasteiger charge is -2.56. The molecule has 1 saturated heterocycles. The maximum atomic E-state index is 13.4. The first kappa shape index (κ1) is 45.3. The average Bonchev–Trinajstić information content (AvgIpc) is 3.01. The van der Waals surface area contributed by atoms with Crippen molar-refractivity contribution in [2.45, 2.75) is 196 Å². The van der Waals surface area contributed by atoms with Gasteiger partial charge in [-0.05, 0) is 94.6 Å². The van der Waals surface area contributed by atoms with Crippen molar-refractivity contribution >= 4 is 11.9 Å². The molecule has 0 saturated carbocycles. The Bertz CT molecular complexity index is 1570. The van der Waals surface area contributed by atoms with Crippen molar-refractivity contribution in [3.63, 3.8) is 0 Å². The van der Waals surface area contributed by atoms with E-state index < -0.39 is 0 Å². The van der Waals surface area contributed by atoms with E-state index in [2.05, 4.69) is 123 Å². The number of benzene rings is 2. The molecule has 0 bridgehead atoms. The van der Waals surface area contributed by atoms with Crippen molar-refractivity contribution < 1.29 is 29.3 Å². The second-order valence-electron chi connectivity index (χ2n) is 21.1. The molecule has 1 heterocycles. The van der Waals surface area contributed by atoms with Gasteiger partial charge in [-0.15, -0.1) is 0 Å². The molecule has 0 aliphatic carbocycles. The summed E-state index contributed by atoms with van der Waals surface area (Å²) in [5, 5.41) is 22.2. The third kappa shape index (κ3) is 10.6. The smallest absolute Gasteiger partial charge is 0.306 e. The van der Waals surface area contributed by atoms with Gasteiger partial charge >= 0.3 is 11.9 Å². The highest BCUT2D eigenvalue weighted by atomic mass is 16.5. The Balaban J connectivity index is 1.66. The van der Waals surface area contributed by atoms with Gasteiger partial charge in [0.05, 0.1) is 0 Å². The third-order valence-corrected chi connectivity index (χ3v) is 12.1. The molecular formula is C47H75NO6. The van der Waals surface area contributed by atoms with E-state index in [1.54, 1.807) is 0 Å². The van der Waals surface area contributed by atoms with Crippen LogP contribution < -0.4 is 0 Å². The van der Waals surface area contributed by atoms with Crippen LogP contribution in [0.1, 0.15) is 177 Å². The Morgan fingerprint density at radius 2 is 1.07 bits per heavy atom. The third-order valence-electron chi connectivity index (χ3n) is 12.1. The number of likely N-dealkylation sites (tertiary alicyclic amines) is 1. The molecule has 7 nitrogen and oxygen atoms in total. The largest absolute Gasteiger partial charge is 0.507 e. The normalized spacial score (nSPS) is 18.6. The lowest BCUT2D eigenvalue weighted by atomic mass is 9.66. The van der Waals surface area contributed by atoms with Gasteiger partial charge in [-0.25, -0.2) is 0 Å². The summed E-state index contributed by atoms with van der Waals surface area (Å²) in [6.07, 6.45) is 2.49. The predicted molar refractivity (Wildman–Crippen MR) is 222 cm³/mol. The SMILES string of the molecule is CCC(CN1CCC(OC(=O)CCc2cc(C(C)(C)C)c(O)c(C(C)(C)C)c2)C(C)(C)C1(C)C)OC(=O)CCc1cc(C(C)(C)C)c(O)c(C(C)(C)C)c1. The number of piperidine rings is 1. The second-order valence-corrected chi connectivity index (χ2v) is 21.1. The monoisotopic (exact) mass is 750 g/mol. The standard InChI is InChI=1S/C47H75NO6/c1-18-32(53-38(49)21-19-30-25-33(42(2,3)4)40(51)34(26-30)43(5,6)7)29-48-24-23-37(46(14,15)47(48,16)17)54-39(50)22-20-31-27-35(44(8,9)10)41(52)36(28-31)45(11,12)13/h25-28,32,37,51-52H,18-24,29H2,1-17H3. The minimum Gasteiger partial charge on any atom is -0.507 e. The molecule has 0 aromatic heterocycles. The van der Waals surface area contributed by atoms with Gasteiger partial charge in [0.1, 0.15) is 23.7 Å². The van der Waals surface area contributed by atoms with Crippen LogP contribution in [0.3, 0.4) is 0 Å². The summed E-state index contributed by atoms with van der Waals surface area (Å²) in [6.45, 7) is 37.3. The molecule has 0 spiro atoms. The number of phenolic OH excluding ortho intramolecular Hbond substituents is 2. The van der Waals surface area contributed by atoms with Crippen LogP contribution in [0.4, 0.5) is 0 Å². The quantitative estimate of drug-likeness (QED) is 0.221. The fourth-order valence-corrected chi connectivity index (χ4v) is 7.66. The van der Waals surface area contributed by atoms with Crippen molar-refractivity contribution in [2.24, 2.45) is 5.41 Å². The number of hydrogen-bond acceptors (Lipinski definition) is 7. The van der Waals surface area contributed by atoms with Gasteiger partial charge in [-0.1, -0.05) is 128 Å². The van der Waals surface area contributed by atoms with Crippen molar-refractivity contribution in [1.29, 1.82) is 0 Å². The number of rotatable bonds is 11. The van der Waals surface area contributed by atoms with Crippen molar-refractivity contribution in [1.82, 2.24) is 4.90 Å². The fraction of sp³-hybridized carbons (Fsp3) is 0.702. The number of carbonyl (C=O) groups is 2. The Morgan fingerprint density at radius 1 is 0.704 bits per heavy atom. The fourth-order valence-electron chi connectivity index (χ4n) is 7.66. The topological polar surface area (TPSA) is 96.3 Å². The number of hydrogen-bond donors (Lipinski definition) is 2. The van der Waals surface area contributed by atoms with Crippen LogP contribution in [0.2, 0.25) is 0 Å². The predicted octanol–water partition coefficient (Wildman–Crippen LogP) is 10.6. The molecule has 2 atom stereocenters. The number of carbonyl (C=O) groups excluding carboxylic acids is 2. The summed E-state index contributed by atoms with van der Waals surface area (Å²) in [7, 11) is 0. The first-order valence-corrected chi connectivity index (χ1v) is 20.3. The van der Waals surface area contributed by atoms with Crippen LogP contribution in [0.5, 0.6) is 11.5 Å². The van der Waals surface area contributed by atoms with Gasteiger partial charge in [0.25, 0.3) is 0 Å². The minimum atomic E-state index is -0.366. The molecule has 1 aliphatic heterocycles. The van der Waals surface area contributed by atoms with Crippen molar-refractivity contribution in [3.05, 3.63) is 57.6 Å². The minimum absolute atomic E-state index is 0.210. The zero-order chi connectivity index (χ0) is 41.4. The molecule has 2 aromatic carbocycles. The van der Waals surface area contributed by atoms with Gasteiger partial charge < -0.3 is 19.7 Å². The van der Waals surface area contributed by atoms with Gasteiger partial charge in [0.2, 0.25) is 0 Å². The van der Waals surface area contributed by atoms with E-state index in [9.17, 15) is 19.8 Å². The van der Waals surface area contributed by atoms with E-state index >= 15 is 0 Å². The van der Waals surface area contributed by atoms with Gasteiger partial charge in [-0.2, -0.15) is 0 Å². The van der Waals surface area contributed by atoms with Crippen LogP contribution in [0, 0.1) is 5.41 Å². The van der Waals surface area contributed by atoms with E-state index in [1.807, 2.05) is 24.3 Å². The number of ether oxygens (including phenoxy) is 2. The zero-order valence-electron chi connectivity index (χ0n) is 37.1. The molecule has 2 aromatic rings. The van der Waals surface area contributed by atoms with Gasteiger partial charge in [0, 0.05) is 36.9 Å². The molecule has 0 radical (unpaired) electrons. The highest BCUT2D eigenvalue weighted by Crippen LogP contribution is 2.46. The van der Waals surface area contributed by atoms with E-state index in [0.29, 0.717) is 43.7 Å². The van der Waals surface area contributed by atoms with E-state index in [1.165, 1.54) is 0 Å². The lowest BCUT2D eigenvalue weighted by Crippen LogP contribution is -2.65. The van der Waals surface area contributed by atoms with Crippen LogP contribution in [-0.2, 0) is 53.6 Å². The van der Waals surface area contributed by atoms with Crippen molar-refractivity contribution in [2.75, 3.05) is 13.1 Å². The first-order chi connectivity index (χ1) is 24.4. The van der Waals surface area contributed by atoms with Gasteiger partial charge in [-0.3, -0.25) is 14.5 Å². The zero-order valence-corrected chi connectivity index (χ0v) is 37.1. The molecule has 54 heavy (non-hydrogen) atoms. The summed E-state index contributed by atoms with van der Waals surface area (Å²) >= 11 is 0. The molecule has 0 amide bonds. The Labute approximate surface area is 328 Å². The van der Waals surface area contributed by atoms with Crippen LogP contribution >= 0.6 is 0 Å². The summed E-state index contributed by atoms with van der Waals surface area (Å²) in [5.41, 5.74) is 3.99. The Hall–Kier alpha value is -3.06. The highest BCUT2D eigenvalue weighted by molar-refractivity contribution is 5.70.